The number of rotatable bonds is 64. The van der Waals surface area contributed by atoms with E-state index in [4.69, 9.17) is 4.74 Å². The second-order valence-corrected chi connectivity index (χ2v) is 23.5. The third kappa shape index (κ3) is 61.3. The van der Waals surface area contributed by atoms with E-state index in [1.807, 2.05) is 6.08 Å². The molecule has 0 aromatic rings. The third-order valence-electron chi connectivity index (χ3n) is 15.9. The van der Waals surface area contributed by atoms with Gasteiger partial charge in [-0.05, 0) is 83.5 Å². The Labute approximate surface area is 474 Å². The fraction of sp³-hybridized carbons (Fsp3) is 0.886. The second-order valence-electron chi connectivity index (χ2n) is 23.5. The van der Waals surface area contributed by atoms with Crippen LogP contribution in [0.15, 0.2) is 36.5 Å². The zero-order valence-electron chi connectivity index (χ0n) is 51.3. The highest BCUT2D eigenvalue weighted by atomic mass is 16.5. The van der Waals surface area contributed by atoms with E-state index in [-0.39, 0.29) is 18.5 Å². The molecule has 2 atom stereocenters. The Bertz CT molecular complexity index is 1230. The lowest BCUT2D eigenvalue weighted by Gasteiger charge is -2.20. The molecule has 0 fully saturated rings. The summed E-state index contributed by atoms with van der Waals surface area (Å²) in [5.74, 6) is -0.0653. The average molecular weight is 1070 g/mol. The maximum Gasteiger partial charge on any atom is 0.305 e. The van der Waals surface area contributed by atoms with E-state index in [0.29, 0.717) is 19.4 Å². The summed E-state index contributed by atoms with van der Waals surface area (Å²) in [6, 6.07) is -0.635. The molecule has 0 aromatic heterocycles. The predicted octanol–water partition coefficient (Wildman–Crippen LogP) is 21.9. The van der Waals surface area contributed by atoms with Crippen LogP contribution < -0.4 is 5.32 Å². The number of nitrogens with one attached hydrogen (secondary N) is 1. The van der Waals surface area contributed by atoms with Gasteiger partial charge in [-0.1, -0.05) is 314 Å². The molecule has 0 rings (SSSR count). The number of amides is 1. The van der Waals surface area contributed by atoms with Crippen LogP contribution in [0.2, 0.25) is 0 Å². The van der Waals surface area contributed by atoms with Gasteiger partial charge < -0.3 is 20.3 Å². The number of carbonyl (C=O) groups excluding carboxylic acids is 2. The number of hydrogen-bond acceptors (Lipinski definition) is 5. The first-order valence-corrected chi connectivity index (χ1v) is 34.3. The topological polar surface area (TPSA) is 95.9 Å². The summed E-state index contributed by atoms with van der Waals surface area (Å²) in [6.07, 6.45) is 83.5. The van der Waals surface area contributed by atoms with E-state index in [2.05, 4.69) is 43.5 Å². The summed E-state index contributed by atoms with van der Waals surface area (Å²) >= 11 is 0. The zero-order chi connectivity index (χ0) is 55.0. The molecule has 0 spiro atoms. The fourth-order valence-electron chi connectivity index (χ4n) is 10.6. The molecule has 0 saturated heterocycles. The lowest BCUT2D eigenvalue weighted by Crippen LogP contribution is -2.45. The van der Waals surface area contributed by atoms with Crippen LogP contribution in [0.1, 0.15) is 373 Å². The van der Waals surface area contributed by atoms with Crippen molar-refractivity contribution >= 4 is 11.9 Å². The molecule has 0 heterocycles. The van der Waals surface area contributed by atoms with Gasteiger partial charge in [0.25, 0.3) is 0 Å². The monoisotopic (exact) mass is 1070 g/mol. The van der Waals surface area contributed by atoms with Crippen molar-refractivity contribution in [2.75, 3.05) is 13.2 Å². The van der Waals surface area contributed by atoms with Crippen LogP contribution in [0.25, 0.3) is 0 Å². The van der Waals surface area contributed by atoms with Crippen LogP contribution in [0, 0.1) is 0 Å². The molecule has 3 N–H and O–H groups in total. The highest BCUT2D eigenvalue weighted by Crippen LogP contribution is 2.18. The van der Waals surface area contributed by atoms with Crippen molar-refractivity contribution in [3.8, 4) is 0 Å². The number of unbranched alkanes of at least 4 members (excludes halogenated alkanes) is 49. The first-order chi connectivity index (χ1) is 37.5. The number of esters is 1. The Morgan fingerprint density at radius 3 is 0.934 bits per heavy atom. The van der Waals surface area contributed by atoms with Crippen molar-refractivity contribution in [3.63, 3.8) is 0 Å². The van der Waals surface area contributed by atoms with Crippen molar-refractivity contribution in [2.24, 2.45) is 0 Å². The number of hydrogen-bond donors (Lipinski definition) is 3. The quantitative estimate of drug-likeness (QED) is 0.0320. The molecule has 0 radical (unpaired) electrons. The minimum absolute atomic E-state index is 0.00766. The molecule has 76 heavy (non-hydrogen) atoms. The maximum atomic E-state index is 12.5. The van der Waals surface area contributed by atoms with Gasteiger partial charge in [0, 0.05) is 12.8 Å². The van der Waals surface area contributed by atoms with Crippen LogP contribution in [0.5, 0.6) is 0 Å². The van der Waals surface area contributed by atoms with Crippen molar-refractivity contribution in [2.45, 2.75) is 386 Å². The molecule has 0 aliphatic carbocycles. The van der Waals surface area contributed by atoms with Gasteiger partial charge >= 0.3 is 5.97 Å². The first-order valence-electron chi connectivity index (χ1n) is 34.3. The molecule has 0 aliphatic heterocycles. The van der Waals surface area contributed by atoms with Crippen molar-refractivity contribution in [3.05, 3.63) is 36.5 Å². The van der Waals surface area contributed by atoms with E-state index < -0.39 is 12.1 Å². The van der Waals surface area contributed by atoms with E-state index in [1.54, 1.807) is 6.08 Å². The molecule has 1 amide bonds. The third-order valence-corrected chi connectivity index (χ3v) is 15.9. The summed E-state index contributed by atoms with van der Waals surface area (Å²) in [4.78, 5) is 24.6. The standard InChI is InChI=1S/C70H133NO5/c1-3-5-7-9-11-13-15-17-19-21-26-30-34-38-42-46-50-54-58-62-68(73)67(66-72)71-69(74)63-59-55-51-47-43-39-35-31-28-24-23-25-29-33-37-41-45-49-53-57-61-65-76-70(75)64-60-56-52-48-44-40-36-32-27-22-20-18-16-14-12-10-8-6-4-2/h18,20,24,28,58,62,67-68,72-73H,3-17,19,21-23,25-27,29-57,59-61,63-66H2,1-2H3,(H,71,74)/b20-18-,28-24-,62-58+. The smallest absolute Gasteiger partial charge is 0.305 e. The van der Waals surface area contributed by atoms with Crippen LogP contribution in [0.4, 0.5) is 0 Å². The first kappa shape index (κ1) is 74.1. The summed E-state index contributed by atoms with van der Waals surface area (Å²) in [6.45, 7) is 4.92. The average Bonchev–Trinajstić information content (AvgIpc) is 3.42. The summed E-state index contributed by atoms with van der Waals surface area (Å²) in [7, 11) is 0. The van der Waals surface area contributed by atoms with E-state index in [9.17, 15) is 19.8 Å². The molecule has 6 nitrogen and oxygen atoms in total. The lowest BCUT2D eigenvalue weighted by atomic mass is 10.0. The van der Waals surface area contributed by atoms with Gasteiger partial charge in [0.15, 0.2) is 0 Å². The van der Waals surface area contributed by atoms with E-state index >= 15 is 0 Å². The molecule has 0 bridgehead atoms. The van der Waals surface area contributed by atoms with Gasteiger partial charge in [-0.25, -0.2) is 0 Å². The predicted molar refractivity (Wildman–Crippen MR) is 333 cm³/mol. The molecule has 448 valence electrons. The largest absolute Gasteiger partial charge is 0.466 e. The van der Waals surface area contributed by atoms with Crippen molar-refractivity contribution in [1.29, 1.82) is 0 Å². The van der Waals surface area contributed by atoms with Gasteiger partial charge in [-0.2, -0.15) is 0 Å². The Hall–Kier alpha value is -1.92. The van der Waals surface area contributed by atoms with Gasteiger partial charge in [0.05, 0.1) is 25.4 Å². The molecule has 0 aromatic carbocycles. The van der Waals surface area contributed by atoms with E-state index in [1.165, 1.54) is 295 Å². The Morgan fingerprint density at radius 1 is 0.355 bits per heavy atom. The molecule has 2 unspecified atom stereocenters. The second kappa shape index (κ2) is 65.6. The summed E-state index contributed by atoms with van der Waals surface area (Å²) < 4.78 is 5.50. The highest BCUT2D eigenvalue weighted by molar-refractivity contribution is 5.76. The minimum atomic E-state index is -0.851. The molecule has 0 aliphatic rings. The van der Waals surface area contributed by atoms with Crippen LogP contribution in [-0.2, 0) is 14.3 Å². The molecule has 6 heteroatoms. The minimum Gasteiger partial charge on any atom is -0.466 e. The number of carbonyl (C=O) groups is 2. The number of allylic oxidation sites excluding steroid dienone is 5. The van der Waals surface area contributed by atoms with Crippen LogP contribution >= 0.6 is 0 Å². The van der Waals surface area contributed by atoms with Crippen LogP contribution in [0.3, 0.4) is 0 Å². The highest BCUT2D eigenvalue weighted by Gasteiger charge is 2.18. The van der Waals surface area contributed by atoms with E-state index in [0.717, 1.165) is 51.4 Å². The van der Waals surface area contributed by atoms with Gasteiger partial charge in [0.1, 0.15) is 0 Å². The Balaban J connectivity index is 3.43. The van der Waals surface area contributed by atoms with Gasteiger partial charge in [-0.15, -0.1) is 0 Å². The molecular formula is C70H133NO5. The normalized spacial score (nSPS) is 12.7. The number of ether oxygens (including phenoxy) is 1. The Kier molecular flexibility index (Phi) is 63.9. The fourth-order valence-corrected chi connectivity index (χ4v) is 10.6. The number of aliphatic hydroxyl groups is 2. The molecule has 0 saturated carbocycles. The van der Waals surface area contributed by atoms with Crippen molar-refractivity contribution in [1.82, 2.24) is 5.32 Å². The maximum absolute atomic E-state index is 12.5. The van der Waals surface area contributed by atoms with Crippen molar-refractivity contribution < 1.29 is 24.5 Å². The summed E-state index contributed by atoms with van der Waals surface area (Å²) in [5.41, 5.74) is 0. The van der Waals surface area contributed by atoms with Crippen LogP contribution in [-0.4, -0.2) is 47.4 Å². The van der Waals surface area contributed by atoms with Gasteiger partial charge in [0.2, 0.25) is 5.91 Å². The van der Waals surface area contributed by atoms with Gasteiger partial charge in [-0.3, -0.25) is 9.59 Å². The lowest BCUT2D eigenvalue weighted by molar-refractivity contribution is -0.143. The number of aliphatic hydroxyl groups excluding tert-OH is 2. The zero-order valence-corrected chi connectivity index (χ0v) is 51.3. The summed E-state index contributed by atoms with van der Waals surface area (Å²) in [5, 5.41) is 23.2. The Morgan fingerprint density at radius 2 is 0.618 bits per heavy atom. The SMILES string of the molecule is CCCCCCCC/C=C\CCCCCCCCCCCC(=O)OCCCCCCCCCCCC/C=C\CCCCCCCCCC(=O)NC(CO)C(O)/C=C/CCCCCCCCCCCCCCCCCCC. The molecular weight excluding hydrogens is 935 g/mol.